The number of nitrogens with one attached hydrogen (secondary N) is 2. The molecular formula is C31H54N2O24. The van der Waals surface area contributed by atoms with Crippen LogP contribution in [0.4, 0.5) is 0 Å². The van der Waals surface area contributed by atoms with Crippen molar-refractivity contribution in [1.29, 1.82) is 0 Å². The minimum absolute atomic E-state index is 0.786. The highest BCUT2D eigenvalue weighted by atomic mass is 16.8. The Morgan fingerprint density at radius 3 is 1.82 bits per heavy atom. The SMILES string of the molecule is CC(=O)N[C@H]1[C@H](OC[C@H]2O[C@@H](O[C@@H]([C@H](O)[C@@H](O)CO)[C@H](O)CO)[C@H](O)[C@@H](O)[C@H]2O)O[C@H](CO)[C@@H](O)[C@@H]1O[C@]1(C(=O)O)C[C@H](O)[C@@H](NC(C)=O)[C@H]([C@H](O)[C@H](O)CO)O1. The largest absolute Gasteiger partial charge is 0.477 e. The fourth-order valence-corrected chi connectivity index (χ4v) is 6.55. The Balaban J connectivity index is 1.96. The van der Waals surface area contributed by atoms with Crippen molar-refractivity contribution in [3.8, 4) is 0 Å². The second-order valence-corrected chi connectivity index (χ2v) is 13.8. The number of aliphatic hydroxyl groups excluding tert-OH is 14. The predicted octanol–water partition coefficient (Wildman–Crippen LogP) is -10.6. The maximum atomic E-state index is 12.9. The molecule has 0 aromatic heterocycles. The first kappa shape index (κ1) is 49.0. The van der Waals surface area contributed by atoms with Gasteiger partial charge in [0.25, 0.3) is 5.79 Å². The first-order valence-electron chi connectivity index (χ1n) is 17.6. The lowest BCUT2D eigenvalue weighted by molar-refractivity contribution is -0.361. The third-order valence-electron chi connectivity index (χ3n) is 9.61. The summed E-state index contributed by atoms with van der Waals surface area (Å²) in [7, 11) is 0. The molecule has 0 spiro atoms. The van der Waals surface area contributed by atoms with Gasteiger partial charge in [0.15, 0.2) is 12.6 Å². The number of carboxylic acid groups (broad SMARTS) is 1. The van der Waals surface area contributed by atoms with E-state index in [9.17, 15) is 91.0 Å². The molecule has 332 valence electrons. The Morgan fingerprint density at radius 2 is 1.30 bits per heavy atom. The lowest BCUT2D eigenvalue weighted by Crippen LogP contribution is -2.72. The molecule has 0 unspecified atom stereocenters. The Labute approximate surface area is 323 Å². The van der Waals surface area contributed by atoms with Crippen LogP contribution >= 0.6 is 0 Å². The summed E-state index contributed by atoms with van der Waals surface area (Å²) in [6.45, 7) is -3.13. The molecule has 3 heterocycles. The maximum absolute atomic E-state index is 12.9. The molecule has 3 fully saturated rings. The van der Waals surface area contributed by atoms with E-state index in [0.29, 0.717) is 0 Å². The molecule has 0 bridgehead atoms. The zero-order valence-electron chi connectivity index (χ0n) is 30.6. The second-order valence-electron chi connectivity index (χ2n) is 13.8. The van der Waals surface area contributed by atoms with Crippen LogP contribution in [-0.4, -0.2) is 249 Å². The van der Waals surface area contributed by atoms with Gasteiger partial charge in [-0.25, -0.2) is 4.79 Å². The predicted molar refractivity (Wildman–Crippen MR) is 176 cm³/mol. The van der Waals surface area contributed by atoms with E-state index in [1.165, 1.54) is 0 Å². The molecule has 20 atom stereocenters. The number of ether oxygens (including phenoxy) is 6. The standard InChI is InChI=1S/C31H54N2O24/c1-9(38)32-17-11(40)3-31(30(50)51,56-26(17)20(45)13(42)5-35)57-27-18(33-10(2)39)28(53-15(7-37)22(27)47)52-8-16-21(46)23(48)24(49)29(54-16)55-25(14(43)6-36)19(44)12(41)4-34/h11-29,34-37,40-49H,3-8H2,1-2H3,(H,32,38)(H,33,39)(H,50,51)/t11-,12-,13+,14+,15+,16+,17+,18+,19+,20+,21-,22+,23-,24+,25+,26+,27+,28+,29-,31-/m0/s1. The summed E-state index contributed by atoms with van der Waals surface area (Å²) in [4.78, 5) is 37.3. The van der Waals surface area contributed by atoms with E-state index in [4.69, 9.17) is 28.4 Å². The molecule has 17 N–H and O–H groups in total. The average molecular weight is 839 g/mol. The topological polar surface area (TPSA) is 434 Å². The number of hydrogen-bond donors (Lipinski definition) is 17. The molecule has 3 saturated heterocycles. The number of carboxylic acids is 1. The Bertz CT molecular complexity index is 1300. The van der Waals surface area contributed by atoms with Crippen molar-refractivity contribution in [1.82, 2.24) is 10.6 Å². The van der Waals surface area contributed by atoms with E-state index in [-0.39, 0.29) is 0 Å². The number of aliphatic hydroxyl groups is 14. The van der Waals surface area contributed by atoms with E-state index in [0.717, 1.165) is 13.8 Å². The van der Waals surface area contributed by atoms with Crippen LogP contribution in [0.15, 0.2) is 0 Å². The molecule has 2 amide bonds. The van der Waals surface area contributed by atoms with Gasteiger partial charge >= 0.3 is 5.97 Å². The van der Waals surface area contributed by atoms with Crippen molar-refractivity contribution >= 4 is 17.8 Å². The van der Waals surface area contributed by atoms with Gasteiger partial charge in [0.2, 0.25) is 11.8 Å². The highest BCUT2D eigenvalue weighted by Crippen LogP contribution is 2.38. The third-order valence-corrected chi connectivity index (χ3v) is 9.61. The van der Waals surface area contributed by atoms with E-state index in [1.54, 1.807) is 0 Å². The smallest absolute Gasteiger partial charge is 0.364 e. The van der Waals surface area contributed by atoms with Crippen molar-refractivity contribution < 1.29 is 119 Å². The van der Waals surface area contributed by atoms with Crippen molar-refractivity contribution in [3.05, 3.63) is 0 Å². The lowest BCUT2D eigenvalue weighted by atomic mass is 9.88. The molecule has 0 aromatic carbocycles. The molecular weight excluding hydrogens is 784 g/mol. The normalized spacial score (nSPS) is 39.3. The zero-order chi connectivity index (χ0) is 43.1. The average Bonchev–Trinajstić information content (AvgIpc) is 3.17. The molecule has 0 aromatic rings. The fraction of sp³-hybridized carbons (Fsp3) is 0.903. The van der Waals surface area contributed by atoms with E-state index < -0.39 is 179 Å². The summed E-state index contributed by atoms with van der Waals surface area (Å²) in [6.07, 6.45) is -34.8. The third kappa shape index (κ3) is 11.5. The van der Waals surface area contributed by atoms with Gasteiger partial charge in [0, 0.05) is 20.3 Å². The van der Waals surface area contributed by atoms with E-state index in [1.807, 2.05) is 0 Å². The summed E-state index contributed by atoms with van der Waals surface area (Å²) >= 11 is 0. The molecule has 26 heteroatoms. The van der Waals surface area contributed by atoms with Crippen LogP contribution in [-0.2, 0) is 42.8 Å². The van der Waals surface area contributed by atoms with Crippen LogP contribution in [0.3, 0.4) is 0 Å². The Hall–Kier alpha value is -2.39. The first-order chi connectivity index (χ1) is 26.7. The van der Waals surface area contributed by atoms with Crippen LogP contribution < -0.4 is 10.6 Å². The summed E-state index contributed by atoms with van der Waals surface area (Å²) in [6, 6.07) is -3.39. The first-order valence-corrected chi connectivity index (χ1v) is 17.6. The van der Waals surface area contributed by atoms with E-state index >= 15 is 0 Å². The molecule has 57 heavy (non-hydrogen) atoms. The van der Waals surface area contributed by atoms with Gasteiger partial charge in [-0.15, -0.1) is 0 Å². The number of aliphatic carboxylic acids is 1. The summed E-state index contributed by atoms with van der Waals surface area (Å²) in [5.41, 5.74) is 0. The highest BCUT2D eigenvalue weighted by Gasteiger charge is 2.60. The van der Waals surface area contributed by atoms with Crippen LogP contribution in [0.1, 0.15) is 20.3 Å². The van der Waals surface area contributed by atoms with E-state index in [2.05, 4.69) is 10.6 Å². The molecule has 0 aliphatic carbocycles. The van der Waals surface area contributed by atoms with Gasteiger partial charge < -0.3 is 116 Å². The molecule has 3 rings (SSSR count). The van der Waals surface area contributed by atoms with Gasteiger partial charge in [-0.1, -0.05) is 0 Å². The maximum Gasteiger partial charge on any atom is 0.364 e. The number of amides is 2. The molecule has 0 radical (unpaired) electrons. The Morgan fingerprint density at radius 1 is 0.737 bits per heavy atom. The summed E-state index contributed by atoms with van der Waals surface area (Å²) in [5, 5.41) is 159. The highest BCUT2D eigenvalue weighted by molar-refractivity contribution is 5.77. The van der Waals surface area contributed by atoms with Crippen LogP contribution in [0, 0.1) is 0 Å². The number of hydrogen-bond acceptors (Lipinski definition) is 23. The lowest BCUT2D eigenvalue weighted by Gasteiger charge is -2.51. The second kappa shape index (κ2) is 21.2. The molecule has 3 aliphatic rings. The minimum atomic E-state index is -3.09. The van der Waals surface area contributed by atoms with Gasteiger partial charge in [-0.05, 0) is 0 Å². The van der Waals surface area contributed by atoms with Crippen LogP contribution in [0.2, 0.25) is 0 Å². The number of carbonyl (C=O) groups excluding carboxylic acids is 2. The van der Waals surface area contributed by atoms with Crippen molar-refractivity contribution in [2.24, 2.45) is 0 Å². The van der Waals surface area contributed by atoms with Gasteiger partial charge in [0.05, 0.1) is 45.2 Å². The van der Waals surface area contributed by atoms with Crippen molar-refractivity contribution in [2.45, 2.75) is 142 Å². The quantitative estimate of drug-likeness (QED) is 0.0574. The number of rotatable bonds is 19. The minimum Gasteiger partial charge on any atom is -0.477 e. The van der Waals surface area contributed by atoms with Crippen LogP contribution in [0.25, 0.3) is 0 Å². The number of carbonyl (C=O) groups is 3. The molecule has 0 saturated carbocycles. The van der Waals surface area contributed by atoms with Gasteiger partial charge in [-0.3, -0.25) is 9.59 Å². The van der Waals surface area contributed by atoms with Gasteiger partial charge in [0.1, 0.15) is 91.5 Å². The van der Waals surface area contributed by atoms with Crippen LogP contribution in [0.5, 0.6) is 0 Å². The van der Waals surface area contributed by atoms with Crippen molar-refractivity contribution in [2.75, 3.05) is 33.0 Å². The molecule has 3 aliphatic heterocycles. The monoisotopic (exact) mass is 838 g/mol. The summed E-state index contributed by atoms with van der Waals surface area (Å²) < 4.78 is 33.6. The Kier molecular flexibility index (Phi) is 18.2. The fourth-order valence-electron chi connectivity index (χ4n) is 6.55. The zero-order valence-corrected chi connectivity index (χ0v) is 30.6. The molecule has 26 nitrogen and oxygen atoms in total. The summed E-state index contributed by atoms with van der Waals surface area (Å²) in [5.74, 6) is -6.75. The van der Waals surface area contributed by atoms with Crippen molar-refractivity contribution in [3.63, 3.8) is 0 Å². The van der Waals surface area contributed by atoms with Gasteiger partial charge in [-0.2, -0.15) is 0 Å².